The zero-order valence-electron chi connectivity index (χ0n) is 17.3. The van der Waals surface area contributed by atoms with E-state index in [0.717, 1.165) is 22.5 Å². The largest absolute Gasteiger partial charge is 0.457 e. The summed E-state index contributed by atoms with van der Waals surface area (Å²) in [5, 5.41) is 5.74. The standard InChI is InChI=1S/C25H20N4O3/c1-29-15-26-13-18(29)14-27-24(30)17-8-6-16(7-9-17)23-11-10-19(32-23)12-21-20-4-2-3-5-22(20)28-25(21)31/h2-13,15H,14H2,1H3,(H,27,30)(H,28,31). The minimum absolute atomic E-state index is 0.148. The Morgan fingerprint density at radius 3 is 2.72 bits per heavy atom. The first-order valence-corrected chi connectivity index (χ1v) is 10.1. The van der Waals surface area contributed by atoms with Gasteiger partial charge in [-0.15, -0.1) is 0 Å². The summed E-state index contributed by atoms with van der Waals surface area (Å²) in [7, 11) is 1.88. The fraction of sp³-hybridized carbons (Fsp3) is 0.0800. The molecule has 0 unspecified atom stereocenters. The number of carbonyl (C=O) groups is 2. The van der Waals surface area contributed by atoms with E-state index in [-0.39, 0.29) is 11.8 Å². The van der Waals surface area contributed by atoms with Crippen LogP contribution in [0.4, 0.5) is 5.69 Å². The van der Waals surface area contributed by atoms with Crippen LogP contribution in [0.1, 0.15) is 27.4 Å². The van der Waals surface area contributed by atoms with Gasteiger partial charge in [0.1, 0.15) is 11.5 Å². The number of nitrogens with zero attached hydrogens (tertiary/aromatic N) is 2. The second-order valence-corrected chi connectivity index (χ2v) is 7.52. The van der Waals surface area contributed by atoms with Crippen molar-refractivity contribution < 1.29 is 14.0 Å². The molecule has 0 aliphatic carbocycles. The summed E-state index contributed by atoms with van der Waals surface area (Å²) in [6.07, 6.45) is 5.16. The van der Waals surface area contributed by atoms with E-state index in [9.17, 15) is 9.59 Å². The summed E-state index contributed by atoms with van der Waals surface area (Å²) in [5.41, 5.74) is 4.55. The second-order valence-electron chi connectivity index (χ2n) is 7.52. The van der Waals surface area contributed by atoms with Crippen LogP contribution in [0.2, 0.25) is 0 Å². The van der Waals surface area contributed by atoms with E-state index < -0.39 is 0 Å². The Labute approximate surface area is 184 Å². The van der Waals surface area contributed by atoms with Gasteiger partial charge in [-0.1, -0.05) is 30.3 Å². The van der Waals surface area contributed by atoms with Gasteiger partial charge in [0.25, 0.3) is 11.8 Å². The van der Waals surface area contributed by atoms with Crippen molar-refractivity contribution in [2.24, 2.45) is 7.05 Å². The van der Waals surface area contributed by atoms with E-state index in [1.165, 1.54) is 0 Å². The van der Waals surface area contributed by atoms with E-state index in [4.69, 9.17) is 4.42 Å². The molecule has 3 heterocycles. The van der Waals surface area contributed by atoms with Crippen molar-refractivity contribution >= 4 is 29.2 Å². The Morgan fingerprint density at radius 1 is 1.12 bits per heavy atom. The minimum Gasteiger partial charge on any atom is -0.457 e. The summed E-state index contributed by atoms with van der Waals surface area (Å²) >= 11 is 0. The number of imidazole rings is 1. The zero-order valence-corrected chi connectivity index (χ0v) is 17.3. The van der Waals surface area contributed by atoms with E-state index >= 15 is 0 Å². The molecule has 0 atom stereocenters. The number of carbonyl (C=O) groups excluding carboxylic acids is 2. The summed E-state index contributed by atoms with van der Waals surface area (Å²) in [4.78, 5) is 28.8. The fourth-order valence-electron chi connectivity index (χ4n) is 3.62. The van der Waals surface area contributed by atoms with Gasteiger partial charge in [0.05, 0.1) is 24.1 Å². The third kappa shape index (κ3) is 3.72. The molecule has 7 nitrogen and oxygen atoms in total. The van der Waals surface area contributed by atoms with Crippen molar-refractivity contribution in [2.45, 2.75) is 6.54 Å². The number of amides is 2. The Morgan fingerprint density at radius 2 is 1.94 bits per heavy atom. The number of aryl methyl sites for hydroxylation is 1. The van der Waals surface area contributed by atoms with E-state index in [1.807, 2.05) is 60.1 Å². The molecule has 4 aromatic rings. The summed E-state index contributed by atoms with van der Waals surface area (Å²) < 4.78 is 7.80. The van der Waals surface area contributed by atoms with E-state index in [1.54, 1.807) is 30.7 Å². The Kier molecular flexibility index (Phi) is 4.91. The number of aromatic nitrogens is 2. The quantitative estimate of drug-likeness (QED) is 0.472. The molecule has 2 amide bonds. The predicted octanol–water partition coefficient (Wildman–Crippen LogP) is 4.10. The third-order valence-corrected chi connectivity index (χ3v) is 5.40. The van der Waals surface area contributed by atoms with Crippen molar-refractivity contribution in [1.29, 1.82) is 0 Å². The molecule has 158 valence electrons. The Balaban J connectivity index is 1.30. The van der Waals surface area contributed by atoms with Crippen LogP contribution in [-0.4, -0.2) is 21.4 Å². The molecular formula is C25H20N4O3. The Bertz CT molecular complexity index is 1350. The highest BCUT2D eigenvalue weighted by atomic mass is 16.3. The SMILES string of the molecule is Cn1cncc1CNC(=O)c1ccc(-c2ccc(C=C3C(=O)Nc4ccccc43)o2)cc1. The monoisotopic (exact) mass is 424 g/mol. The van der Waals surface area contributed by atoms with Crippen molar-refractivity contribution in [3.05, 3.63) is 95.8 Å². The van der Waals surface area contributed by atoms with Gasteiger partial charge >= 0.3 is 0 Å². The molecule has 0 radical (unpaired) electrons. The highest BCUT2D eigenvalue weighted by Crippen LogP contribution is 2.33. The fourth-order valence-corrected chi connectivity index (χ4v) is 3.62. The summed E-state index contributed by atoms with van der Waals surface area (Å²) in [6, 6.07) is 18.4. The van der Waals surface area contributed by atoms with Crippen molar-refractivity contribution in [3.63, 3.8) is 0 Å². The molecule has 1 aliphatic heterocycles. The molecule has 0 spiro atoms. The number of anilines is 1. The van der Waals surface area contributed by atoms with Crippen molar-refractivity contribution in [1.82, 2.24) is 14.9 Å². The smallest absolute Gasteiger partial charge is 0.256 e. The minimum atomic E-state index is -0.159. The van der Waals surface area contributed by atoms with Gasteiger partial charge in [-0.05, 0) is 36.4 Å². The number of furan rings is 1. The molecule has 0 fully saturated rings. The summed E-state index contributed by atoms with van der Waals surface area (Å²) in [6.45, 7) is 0.407. The number of fused-ring (bicyclic) bond motifs is 1. The zero-order chi connectivity index (χ0) is 22.1. The first kappa shape index (κ1) is 19.6. The van der Waals surface area contributed by atoms with E-state index in [0.29, 0.717) is 29.2 Å². The molecule has 32 heavy (non-hydrogen) atoms. The number of para-hydroxylation sites is 1. The molecule has 1 aliphatic rings. The van der Waals surface area contributed by atoms with Crippen LogP contribution >= 0.6 is 0 Å². The first-order valence-electron chi connectivity index (χ1n) is 10.1. The van der Waals surface area contributed by atoms with Gasteiger partial charge in [-0.25, -0.2) is 4.98 Å². The van der Waals surface area contributed by atoms with Crippen LogP contribution < -0.4 is 10.6 Å². The maximum atomic E-state index is 12.4. The highest BCUT2D eigenvalue weighted by molar-refractivity contribution is 6.34. The highest BCUT2D eigenvalue weighted by Gasteiger charge is 2.23. The topological polar surface area (TPSA) is 89.2 Å². The van der Waals surface area contributed by atoms with Crippen LogP contribution in [-0.2, 0) is 18.4 Å². The lowest BCUT2D eigenvalue weighted by atomic mass is 10.1. The molecular weight excluding hydrogens is 404 g/mol. The lowest BCUT2D eigenvalue weighted by Gasteiger charge is -2.06. The molecule has 2 aromatic heterocycles. The number of benzene rings is 2. The molecule has 2 aromatic carbocycles. The van der Waals surface area contributed by atoms with Crippen LogP contribution in [0.5, 0.6) is 0 Å². The first-order chi connectivity index (χ1) is 15.6. The van der Waals surface area contributed by atoms with Crippen LogP contribution in [0.25, 0.3) is 23.0 Å². The average Bonchev–Trinajstić information content (AvgIpc) is 3.52. The summed E-state index contributed by atoms with van der Waals surface area (Å²) in [5.74, 6) is 0.935. The molecule has 0 bridgehead atoms. The second kappa shape index (κ2) is 8.03. The van der Waals surface area contributed by atoms with Crippen LogP contribution in [0.15, 0.2) is 77.6 Å². The molecule has 0 saturated carbocycles. The van der Waals surface area contributed by atoms with Gasteiger partial charge in [-0.3, -0.25) is 9.59 Å². The molecule has 5 rings (SSSR count). The maximum absolute atomic E-state index is 12.4. The van der Waals surface area contributed by atoms with Gasteiger partial charge in [0.15, 0.2) is 0 Å². The van der Waals surface area contributed by atoms with Gasteiger partial charge < -0.3 is 19.6 Å². The molecule has 2 N–H and O–H groups in total. The van der Waals surface area contributed by atoms with Gasteiger partial charge in [0.2, 0.25) is 0 Å². The maximum Gasteiger partial charge on any atom is 0.256 e. The average molecular weight is 424 g/mol. The Hall–Kier alpha value is -4.39. The van der Waals surface area contributed by atoms with Gasteiger partial charge in [-0.2, -0.15) is 0 Å². The van der Waals surface area contributed by atoms with E-state index in [2.05, 4.69) is 15.6 Å². The normalized spacial score (nSPS) is 13.8. The number of hydrogen-bond donors (Lipinski definition) is 2. The number of hydrogen-bond acceptors (Lipinski definition) is 4. The number of nitrogens with one attached hydrogen (secondary N) is 2. The van der Waals surface area contributed by atoms with Crippen LogP contribution in [0.3, 0.4) is 0 Å². The van der Waals surface area contributed by atoms with Gasteiger partial charge in [0, 0.05) is 35.6 Å². The number of rotatable bonds is 5. The lowest BCUT2D eigenvalue weighted by Crippen LogP contribution is -2.23. The van der Waals surface area contributed by atoms with Crippen LogP contribution in [0, 0.1) is 0 Å². The molecule has 0 saturated heterocycles. The third-order valence-electron chi connectivity index (χ3n) is 5.40. The predicted molar refractivity (Wildman–Crippen MR) is 121 cm³/mol. The van der Waals surface area contributed by atoms with Crippen molar-refractivity contribution in [3.8, 4) is 11.3 Å². The molecule has 7 heteroatoms. The lowest BCUT2D eigenvalue weighted by molar-refractivity contribution is -0.110. The van der Waals surface area contributed by atoms with Crippen molar-refractivity contribution in [2.75, 3.05) is 5.32 Å².